The Hall–Kier alpha value is -5.19. The van der Waals surface area contributed by atoms with Crippen LogP contribution in [0.5, 0.6) is 0 Å². The third-order valence-corrected chi connectivity index (χ3v) is 11.0. The van der Waals surface area contributed by atoms with Crippen LogP contribution in [0, 0.1) is 0 Å². The summed E-state index contributed by atoms with van der Waals surface area (Å²) in [6.07, 6.45) is 0. The van der Waals surface area contributed by atoms with Crippen LogP contribution in [0.4, 0.5) is 0 Å². The van der Waals surface area contributed by atoms with Crippen molar-refractivity contribution in [2.45, 2.75) is 29.1 Å². The van der Waals surface area contributed by atoms with Gasteiger partial charge in [-0.05, 0) is 75.8 Å². The SMILES string of the molecule is CC1(C)c2ccccc2-c2cc(-c3ccc4c(c3)c3ccccc3n4-c3nc4c5c(cccc5n3)Sc3ccccc3-4)ccc21. The van der Waals surface area contributed by atoms with Crippen molar-refractivity contribution in [3.05, 3.63) is 139 Å². The van der Waals surface area contributed by atoms with Gasteiger partial charge in [-0.1, -0.05) is 111 Å². The lowest BCUT2D eigenvalue weighted by atomic mass is 9.82. The summed E-state index contributed by atoms with van der Waals surface area (Å²) in [6, 6.07) is 46.3. The van der Waals surface area contributed by atoms with Gasteiger partial charge in [0, 0.05) is 36.9 Å². The highest BCUT2D eigenvalue weighted by Crippen LogP contribution is 2.50. The van der Waals surface area contributed by atoms with Gasteiger partial charge in [-0.2, -0.15) is 0 Å². The maximum atomic E-state index is 5.31. The topological polar surface area (TPSA) is 30.7 Å². The third kappa shape index (κ3) is 3.43. The molecular formula is C41H27N3S. The van der Waals surface area contributed by atoms with Gasteiger partial charge >= 0.3 is 0 Å². The number of benzene rings is 6. The molecule has 0 atom stereocenters. The molecule has 0 spiro atoms. The molecule has 0 N–H and O–H groups in total. The number of hydrogen-bond donors (Lipinski definition) is 0. The van der Waals surface area contributed by atoms with Crippen molar-refractivity contribution in [1.82, 2.24) is 14.5 Å². The third-order valence-electron chi connectivity index (χ3n) is 9.82. The van der Waals surface area contributed by atoms with Crippen molar-refractivity contribution in [1.29, 1.82) is 0 Å². The fourth-order valence-electron chi connectivity index (χ4n) is 7.66. The van der Waals surface area contributed by atoms with Crippen molar-refractivity contribution >= 4 is 44.5 Å². The van der Waals surface area contributed by atoms with E-state index in [0.717, 1.165) is 27.6 Å². The van der Waals surface area contributed by atoms with E-state index in [9.17, 15) is 0 Å². The van der Waals surface area contributed by atoms with E-state index in [4.69, 9.17) is 9.97 Å². The number of fused-ring (bicyclic) bond motifs is 8. The molecule has 0 radical (unpaired) electrons. The van der Waals surface area contributed by atoms with Crippen LogP contribution >= 0.6 is 11.8 Å². The summed E-state index contributed by atoms with van der Waals surface area (Å²) in [4.78, 5) is 12.9. The molecule has 1 aliphatic carbocycles. The zero-order valence-corrected chi connectivity index (χ0v) is 25.7. The van der Waals surface area contributed by atoms with Crippen molar-refractivity contribution in [2.75, 3.05) is 0 Å². The Bertz CT molecular complexity index is 2560. The number of hydrogen-bond acceptors (Lipinski definition) is 3. The minimum atomic E-state index is 0.000974. The molecule has 0 saturated carbocycles. The Morgan fingerprint density at radius 3 is 2.20 bits per heavy atom. The Balaban J connectivity index is 1.19. The van der Waals surface area contributed by atoms with Gasteiger partial charge in [-0.25, -0.2) is 9.97 Å². The van der Waals surface area contributed by atoms with Crippen LogP contribution in [-0.2, 0) is 5.41 Å². The first-order chi connectivity index (χ1) is 22.1. The van der Waals surface area contributed by atoms with Crippen molar-refractivity contribution in [3.63, 3.8) is 0 Å². The average Bonchev–Trinajstić information content (AvgIpc) is 3.53. The summed E-state index contributed by atoms with van der Waals surface area (Å²) in [5, 5.41) is 3.53. The van der Waals surface area contributed by atoms with Crippen LogP contribution in [0.1, 0.15) is 25.0 Å². The van der Waals surface area contributed by atoms with Crippen LogP contribution in [-0.4, -0.2) is 14.5 Å². The van der Waals surface area contributed by atoms with Gasteiger partial charge in [-0.15, -0.1) is 0 Å². The summed E-state index contributed by atoms with van der Waals surface area (Å²) < 4.78 is 2.24. The van der Waals surface area contributed by atoms with Gasteiger partial charge < -0.3 is 0 Å². The molecule has 0 bridgehead atoms. The molecule has 212 valence electrons. The Kier molecular flexibility index (Phi) is 5.00. The molecule has 0 fully saturated rings. The Morgan fingerprint density at radius 2 is 1.27 bits per heavy atom. The fraction of sp³-hybridized carbons (Fsp3) is 0.0732. The van der Waals surface area contributed by atoms with Crippen LogP contribution in [0.15, 0.2) is 137 Å². The standard InChI is InChI=1S/C41H27N3S/c1-41(2)31-13-6-3-10-26(31)29-22-24(18-20-32(29)41)25-19-21-35-30(23-25)27-11-4-7-15-34(27)44(35)40-42-33-14-9-17-37-38(33)39(43-40)28-12-5-8-16-36(28)45-37/h3-23H,1-2H3. The van der Waals surface area contributed by atoms with Crippen molar-refractivity contribution in [3.8, 4) is 39.5 Å². The van der Waals surface area contributed by atoms with Crippen molar-refractivity contribution in [2.24, 2.45) is 0 Å². The van der Waals surface area contributed by atoms with Gasteiger partial charge in [0.2, 0.25) is 5.95 Å². The zero-order chi connectivity index (χ0) is 29.9. The lowest BCUT2D eigenvalue weighted by Crippen LogP contribution is -2.14. The van der Waals surface area contributed by atoms with Crippen LogP contribution in [0.25, 0.3) is 72.2 Å². The molecule has 0 amide bonds. The van der Waals surface area contributed by atoms with Crippen LogP contribution < -0.4 is 0 Å². The summed E-state index contributed by atoms with van der Waals surface area (Å²) in [5.74, 6) is 0.701. The lowest BCUT2D eigenvalue weighted by Gasteiger charge is -2.21. The quantitative estimate of drug-likeness (QED) is 0.200. The van der Waals surface area contributed by atoms with Crippen LogP contribution in [0.2, 0.25) is 0 Å². The number of nitrogens with zero attached hydrogens (tertiary/aromatic N) is 3. The van der Waals surface area contributed by atoms with Crippen LogP contribution in [0.3, 0.4) is 0 Å². The van der Waals surface area contributed by atoms with E-state index in [1.54, 1.807) is 11.8 Å². The van der Waals surface area contributed by atoms with E-state index >= 15 is 0 Å². The molecule has 3 nitrogen and oxygen atoms in total. The largest absolute Gasteiger partial charge is 0.278 e. The molecule has 45 heavy (non-hydrogen) atoms. The van der Waals surface area contributed by atoms with Gasteiger partial charge in [0.05, 0.1) is 22.2 Å². The van der Waals surface area contributed by atoms with E-state index < -0.39 is 0 Å². The minimum absolute atomic E-state index is 0.000974. The maximum Gasteiger partial charge on any atom is 0.235 e. The van der Waals surface area contributed by atoms with E-state index in [1.807, 2.05) is 0 Å². The van der Waals surface area contributed by atoms with Gasteiger partial charge in [0.1, 0.15) is 0 Å². The molecule has 4 heteroatoms. The first-order valence-electron chi connectivity index (χ1n) is 15.4. The molecule has 1 aliphatic heterocycles. The summed E-state index contributed by atoms with van der Waals surface area (Å²) >= 11 is 1.80. The fourth-order valence-corrected chi connectivity index (χ4v) is 8.76. The van der Waals surface area contributed by atoms with E-state index in [-0.39, 0.29) is 5.41 Å². The smallest absolute Gasteiger partial charge is 0.235 e. The van der Waals surface area contributed by atoms with Gasteiger partial charge in [-0.3, -0.25) is 4.57 Å². The highest BCUT2D eigenvalue weighted by Gasteiger charge is 2.35. The summed E-state index contributed by atoms with van der Waals surface area (Å²) in [7, 11) is 0. The summed E-state index contributed by atoms with van der Waals surface area (Å²) in [6.45, 7) is 4.67. The zero-order valence-electron chi connectivity index (χ0n) is 24.9. The second-order valence-corrected chi connectivity index (χ2v) is 13.7. The second-order valence-electron chi connectivity index (χ2n) is 12.6. The molecule has 0 unspecified atom stereocenters. The number of rotatable bonds is 2. The highest BCUT2D eigenvalue weighted by molar-refractivity contribution is 7.99. The second kappa shape index (κ2) is 8.93. The number of para-hydroxylation sites is 1. The lowest BCUT2D eigenvalue weighted by molar-refractivity contribution is 0.660. The minimum Gasteiger partial charge on any atom is -0.278 e. The highest BCUT2D eigenvalue weighted by atomic mass is 32.2. The first kappa shape index (κ1) is 25.2. The molecule has 10 rings (SSSR count). The predicted octanol–water partition coefficient (Wildman–Crippen LogP) is 10.8. The molecular weight excluding hydrogens is 567 g/mol. The predicted molar refractivity (Wildman–Crippen MR) is 186 cm³/mol. The van der Waals surface area contributed by atoms with E-state index in [1.165, 1.54) is 59.5 Å². The molecule has 2 aromatic heterocycles. The van der Waals surface area contributed by atoms with E-state index in [2.05, 4.69) is 146 Å². The maximum absolute atomic E-state index is 5.31. The Labute approximate surface area is 265 Å². The summed E-state index contributed by atoms with van der Waals surface area (Å²) in [5.41, 5.74) is 13.3. The van der Waals surface area contributed by atoms with Gasteiger partial charge in [0.25, 0.3) is 0 Å². The van der Waals surface area contributed by atoms with Crippen molar-refractivity contribution < 1.29 is 0 Å². The number of aromatic nitrogens is 3. The van der Waals surface area contributed by atoms with E-state index in [0.29, 0.717) is 5.95 Å². The molecule has 6 aromatic carbocycles. The average molecular weight is 594 g/mol. The molecule has 8 aromatic rings. The molecule has 2 aliphatic rings. The normalized spacial score (nSPS) is 14.1. The molecule has 3 heterocycles. The Morgan fingerprint density at radius 1 is 0.556 bits per heavy atom. The monoisotopic (exact) mass is 593 g/mol. The van der Waals surface area contributed by atoms with Gasteiger partial charge in [0.15, 0.2) is 0 Å². The molecule has 0 saturated heterocycles. The first-order valence-corrected chi connectivity index (χ1v) is 16.2.